The van der Waals surface area contributed by atoms with Crippen LogP contribution in [-0.2, 0) is 4.79 Å². The van der Waals surface area contributed by atoms with Crippen LogP contribution in [0.15, 0.2) is 0 Å². The van der Waals surface area contributed by atoms with Crippen molar-refractivity contribution in [2.24, 2.45) is 5.92 Å². The molecule has 0 atom stereocenters. The number of urea groups is 1. The van der Waals surface area contributed by atoms with Crippen molar-refractivity contribution < 1.29 is 9.59 Å². The summed E-state index contributed by atoms with van der Waals surface area (Å²) in [6, 6.07) is -0.220. The van der Waals surface area contributed by atoms with Crippen LogP contribution in [0, 0.1) is 5.92 Å². The summed E-state index contributed by atoms with van der Waals surface area (Å²) >= 11 is 0. The molecule has 5 nitrogen and oxygen atoms in total. The maximum atomic E-state index is 11.3. The lowest BCUT2D eigenvalue weighted by Crippen LogP contribution is -2.56. The summed E-state index contributed by atoms with van der Waals surface area (Å²) in [5, 5.41) is 5.05. The lowest BCUT2D eigenvalue weighted by atomic mass is 10.2. The van der Waals surface area contributed by atoms with E-state index in [0.29, 0.717) is 13.3 Å². The Morgan fingerprint density at radius 3 is 2.33 bits per heavy atom. The third kappa shape index (κ3) is 1.87. The summed E-state index contributed by atoms with van der Waals surface area (Å²) < 4.78 is 0. The largest absolute Gasteiger partial charge is 0.320 e. The maximum Gasteiger partial charge on any atom is 0.317 e. The van der Waals surface area contributed by atoms with E-state index in [2.05, 4.69) is 10.6 Å². The highest BCUT2D eigenvalue weighted by atomic mass is 16.2. The fourth-order valence-electron chi connectivity index (χ4n) is 0.974. The summed E-state index contributed by atoms with van der Waals surface area (Å²) in [4.78, 5) is 23.5. The van der Waals surface area contributed by atoms with Crippen molar-refractivity contribution in [1.82, 2.24) is 15.5 Å². The minimum absolute atomic E-state index is 0.0261. The third-order valence-electron chi connectivity index (χ3n) is 1.67. The van der Waals surface area contributed by atoms with E-state index < -0.39 is 0 Å². The number of nitrogens with one attached hydrogen (secondary N) is 2. The Kier molecular flexibility index (Phi) is 2.52. The van der Waals surface area contributed by atoms with Gasteiger partial charge in [-0.3, -0.25) is 4.79 Å². The number of carbonyl (C=O) groups excluding carboxylic acids is 2. The number of hydrogen-bond donors (Lipinski definition) is 2. The molecule has 0 aliphatic carbocycles. The van der Waals surface area contributed by atoms with E-state index in [1.807, 2.05) is 13.8 Å². The third-order valence-corrected chi connectivity index (χ3v) is 1.67. The second-order valence-corrected chi connectivity index (χ2v) is 3.03. The molecule has 1 rings (SSSR count). The second kappa shape index (κ2) is 3.42. The van der Waals surface area contributed by atoms with Crippen molar-refractivity contribution in [3.05, 3.63) is 0 Å². The summed E-state index contributed by atoms with van der Waals surface area (Å²) in [5.74, 6) is 0.0179. The molecule has 1 aliphatic rings. The number of amides is 3. The molecular formula is C7H13N3O2. The first-order valence-corrected chi connectivity index (χ1v) is 3.91. The summed E-state index contributed by atoms with van der Waals surface area (Å²) in [6.07, 6.45) is 0. The topological polar surface area (TPSA) is 61.4 Å². The standard InChI is InChI=1S/C7H13N3O2/c1-5(2)6(11)10-3-8-7(12)9-4-10/h5H,3-4H2,1-2H3,(H2,8,9,12). The molecule has 0 radical (unpaired) electrons. The van der Waals surface area contributed by atoms with Crippen LogP contribution in [0.5, 0.6) is 0 Å². The van der Waals surface area contributed by atoms with Crippen LogP contribution in [0.3, 0.4) is 0 Å². The van der Waals surface area contributed by atoms with Gasteiger partial charge in [0.05, 0.1) is 13.3 Å². The molecule has 0 aromatic heterocycles. The number of rotatable bonds is 1. The van der Waals surface area contributed by atoms with Crippen LogP contribution >= 0.6 is 0 Å². The Labute approximate surface area is 71.1 Å². The zero-order valence-electron chi connectivity index (χ0n) is 7.26. The average Bonchev–Trinajstić information content (AvgIpc) is 2.04. The van der Waals surface area contributed by atoms with Crippen molar-refractivity contribution in [1.29, 1.82) is 0 Å². The smallest absolute Gasteiger partial charge is 0.317 e. The highest BCUT2D eigenvalue weighted by Gasteiger charge is 2.20. The molecule has 1 fully saturated rings. The van der Waals surface area contributed by atoms with E-state index in [4.69, 9.17) is 0 Å². The average molecular weight is 171 g/mol. The predicted octanol–water partition coefficient (Wildman–Crippen LogP) is -0.301. The molecule has 1 heterocycles. The van der Waals surface area contributed by atoms with Crippen LogP contribution in [0.2, 0.25) is 0 Å². The lowest BCUT2D eigenvalue weighted by molar-refractivity contribution is -0.135. The molecule has 3 amide bonds. The molecule has 2 N–H and O–H groups in total. The Morgan fingerprint density at radius 2 is 1.92 bits per heavy atom. The maximum absolute atomic E-state index is 11.3. The lowest BCUT2D eigenvalue weighted by Gasteiger charge is -2.29. The van der Waals surface area contributed by atoms with E-state index in [1.165, 1.54) is 0 Å². The van der Waals surface area contributed by atoms with Gasteiger partial charge in [0.1, 0.15) is 0 Å². The van der Waals surface area contributed by atoms with Crippen LogP contribution in [-0.4, -0.2) is 30.2 Å². The van der Waals surface area contributed by atoms with Crippen molar-refractivity contribution in [3.63, 3.8) is 0 Å². The molecule has 0 aromatic carbocycles. The number of nitrogens with zero attached hydrogens (tertiary/aromatic N) is 1. The van der Waals surface area contributed by atoms with Gasteiger partial charge in [-0.05, 0) is 0 Å². The van der Waals surface area contributed by atoms with Gasteiger partial charge in [0.15, 0.2) is 0 Å². The van der Waals surface area contributed by atoms with Crippen LogP contribution in [0.1, 0.15) is 13.8 Å². The van der Waals surface area contributed by atoms with Gasteiger partial charge in [0, 0.05) is 5.92 Å². The second-order valence-electron chi connectivity index (χ2n) is 3.03. The van der Waals surface area contributed by atoms with E-state index in [0.717, 1.165) is 0 Å². The van der Waals surface area contributed by atoms with Gasteiger partial charge in [0.25, 0.3) is 0 Å². The molecule has 1 saturated heterocycles. The van der Waals surface area contributed by atoms with Crippen LogP contribution in [0.25, 0.3) is 0 Å². The highest BCUT2D eigenvalue weighted by Crippen LogP contribution is 2.00. The highest BCUT2D eigenvalue weighted by molar-refractivity contribution is 5.81. The van der Waals surface area contributed by atoms with Gasteiger partial charge in [0.2, 0.25) is 5.91 Å². The van der Waals surface area contributed by atoms with Crippen molar-refractivity contribution in [3.8, 4) is 0 Å². The SMILES string of the molecule is CC(C)C(=O)N1CNC(=O)NC1. The predicted molar refractivity (Wildman–Crippen MR) is 43.1 cm³/mol. The molecule has 0 aromatic rings. The zero-order valence-corrected chi connectivity index (χ0v) is 7.26. The van der Waals surface area contributed by atoms with Crippen LogP contribution in [0.4, 0.5) is 4.79 Å². The fourth-order valence-corrected chi connectivity index (χ4v) is 0.974. The summed E-state index contributed by atoms with van der Waals surface area (Å²) in [7, 11) is 0. The fraction of sp³-hybridized carbons (Fsp3) is 0.714. The number of hydrogen-bond acceptors (Lipinski definition) is 2. The first kappa shape index (κ1) is 8.83. The van der Waals surface area contributed by atoms with Gasteiger partial charge in [-0.1, -0.05) is 13.8 Å². The Hall–Kier alpha value is -1.26. The Bertz CT molecular complexity index is 193. The van der Waals surface area contributed by atoms with Gasteiger partial charge in [-0.25, -0.2) is 4.79 Å². The molecule has 0 spiro atoms. The minimum atomic E-state index is -0.220. The molecule has 1 aliphatic heterocycles. The summed E-state index contributed by atoms with van der Waals surface area (Å²) in [6.45, 7) is 4.28. The molecular weight excluding hydrogens is 158 g/mol. The van der Waals surface area contributed by atoms with Gasteiger partial charge in [-0.15, -0.1) is 0 Å². The van der Waals surface area contributed by atoms with Crippen LogP contribution < -0.4 is 10.6 Å². The van der Waals surface area contributed by atoms with E-state index >= 15 is 0 Å². The zero-order chi connectivity index (χ0) is 9.14. The van der Waals surface area contributed by atoms with Crippen molar-refractivity contribution in [2.75, 3.05) is 13.3 Å². The molecule has 68 valence electrons. The molecule has 0 saturated carbocycles. The molecule has 0 unspecified atom stereocenters. The molecule has 5 heteroatoms. The van der Waals surface area contributed by atoms with Gasteiger partial charge in [-0.2, -0.15) is 0 Å². The quantitative estimate of drug-likeness (QED) is 0.569. The summed E-state index contributed by atoms with van der Waals surface area (Å²) in [5.41, 5.74) is 0. The monoisotopic (exact) mass is 171 g/mol. The Morgan fingerprint density at radius 1 is 1.42 bits per heavy atom. The van der Waals surface area contributed by atoms with E-state index in [-0.39, 0.29) is 17.9 Å². The normalized spacial score (nSPS) is 17.2. The van der Waals surface area contributed by atoms with E-state index in [9.17, 15) is 9.59 Å². The molecule has 0 bridgehead atoms. The van der Waals surface area contributed by atoms with Crippen molar-refractivity contribution >= 4 is 11.9 Å². The first-order chi connectivity index (χ1) is 5.61. The van der Waals surface area contributed by atoms with Crippen molar-refractivity contribution in [2.45, 2.75) is 13.8 Å². The number of carbonyl (C=O) groups is 2. The van der Waals surface area contributed by atoms with E-state index in [1.54, 1.807) is 4.90 Å². The molecule has 12 heavy (non-hydrogen) atoms. The van der Waals surface area contributed by atoms with Gasteiger partial charge < -0.3 is 15.5 Å². The Balaban J connectivity index is 2.44. The minimum Gasteiger partial charge on any atom is -0.320 e. The van der Waals surface area contributed by atoms with Gasteiger partial charge >= 0.3 is 6.03 Å². The first-order valence-electron chi connectivity index (χ1n) is 3.91.